The molecule has 1 aliphatic heterocycles. The Morgan fingerprint density at radius 2 is 2.42 bits per heavy atom. The predicted octanol–water partition coefficient (Wildman–Crippen LogP) is 0.719. The highest BCUT2D eigenvalue weighted by Crippen LogP contribution is 2.16. The number of carbonyl (C=O) groups excluding carboxylic acids is 1. The van der Waals surface area contributed by atoms with Crippen LogP contribution in [0.2, 0.25) is 0 Å². The molecule has 0 aromatic rings. The summed E-state index contributed by atoms with van der Waals surface area (Å²) >= 11 is 3.51. The molecule has 0 radical (unpaired) electrons. The van der Waals surface area contributed by atoms with E-state index in [-0.39, 0.29) is 11.9 Å². The van der Waals surface area contributed by atoms with Crippen molar-refractivity contribution in [3.8, 4) is 0 Å². The van der Waals surface area contributed by atoms with Crippen molar-refractivity contribution in [2.75, 3.05) is 13.1 Å². The molecule has 0 aromatic heterocycles. The molecular weight excluding hydrogens is 220 g/mol. The molecular formula is C8H15BrN2O. The summed E-state index contributed by atoms with van der Waals surface area (Å²) in [4.78, 5) is 13.7. The quantitative estimate of drug-likeness (QED) is 0.680. The number of rotatable bonds is 1. The summed E-state index contributed by atoms with van der Waals surface area (Å²) in [5.41, 5.74) is 5.51. The van der Waals surface area contributed by atoms with E-state index in [1.807, 2.05) is 4.90 Å². The summed E-state index contributed by atoms with van der Waals surface area (Å²) in [6.07, 6.45) is 2.23. The zero-order chi connectivity index (χ0) is 9.14. The number of hydrogen-bond donors (Lipinski definition) is 1. The zero-order valence-corrected chi connectivity index (χ0v) is 8.88. The normalized spacial score (nSPS) is 26.9. The standard InChI is InChI=1S/C8H15BrN2O/c1-6(10)8(12)11-4-2-3-7(9)5-11/h6-7H,2-5,10H2,1H3. The lowest BCUT2D eigenvalue weighted by Gasteiger charge is -2.31. The Morgan fingerprint density at radius 3 is 2.92 bits per heavy atom. The van der Waals surface area contributed by atoms with Crippen LogP contribution in [0.15, 0.2) is 0 Å². The Balaban J connectivity index is 2.46. The number of carbonyl (C=O) groups is 1. The third-order valence-electron chi connectivity index (χ3n) is 2.07. The Bertz CT molecular complexity index is 172. The zero-order valence-electron chi connectivity index (χ0n) is 7.29. The molecule has 2 unspecified atom stereocenters. The number of piperidine rings is 1. The van der Waals surface area contributed by atoms with Gasteiger partial charge < -0.3 is 10.6 Å². The Kier molecular flexibility index (Phi) is 3.53. The summed E-state index contributed by atoms with van der Waals surface area (Å²) < 4.78 is 0. The van der Waals surface area contributed by atoms with Crippen molar-refractivity contribution in [2.45, 2.75) is 30.6 Å². The number of likely N-dealkylation sites (tertiary alicyclic amines) is 1. The smallest absolute Gasteiger partial charge is 0.239 e. The largest absolute Gasteiger partial charge is 0.340 e. The third-order valence-corrected chi connectivity index (χ3v) is 2.81. The fourth-order valence-electron chi connectivity index (χ4n) is 1.41. The molecule has 1 saturated heterocycles. The summed E-state index contributed by atoms with van der Waals surface area (Å²) in [5.74, 6) is 0.0687. The third kappa shape index (κ3) is 2.45. The van der Waals surface area contributed by atoms with Gasteiger partial charge in [-0.15, -0.1) is 0 Å². The molecule has 1 fully saturated rings. The first-order valence-corrected chi connectivity index (χ1v) is 5.21. The lowest BCUT2D eigenvalue weighted by molar-refractivity contribution is -0.132. The fourth-order valence-corrected chi connectivity index (χ4v) is 2.09. The van der Waals surface area contributed by atoms with E-state index in [0.29, 0.717) is 4.83 Å². The number of amides is 1. The number of hydrogen-bond acceptors (Lipinski definition) is 2. The van der Waals surface area contributed by atoms with Gasteiger partial charge in [0, 0.05) is 17.9 Å². The highest BCUT2D eigenvalue weighted by Gasteiger charge is 2.23. The maximum atomic E-state index is 11.4. The van der Waals surface area contributed by atoms with Crippen LogP contribution < -0.4 is 5.73 Å². The molecule has 1 aliphatic rings. The minimum atomic E-state index is -0.359. The molecule has 2 atom stereocenters. The van der Waals surface area contributed by atoms with Crippen molar-refractivity contribution >= 4 is 21.8 Å². The molecule has 1 rings (SSSR count). The molecule has 1 heterocycles. The van der Waals surface area contributed by atoms with Crippen molar-refractivity contribution in [3.63, 3.8) is 0 Å². The van der Waals surface area contributed by atoms with E-state index in [2.05, 4.69) is 15.9 Å². The lowest BCUT2D eigenvalue weighted by atomic mass is 10.1. The maximum absolute atomic E-state index is 11.4. The fraction of sp³-hybridized carbons (Fsp3) is 0.875. The van der Waals surface area contributed by atoms with Gasteiger partial charge in [0.25, 0.3) is 0 Å². The monoisotopic (exact) mass is 234 g/mol. The van der Waals surface area contributed by atoms with Gasteiger partial charge in [0.1, 0.15) is 0 Å². The highest BCUT2D eigenvalue weighted by atomic mass is 79.9. The van der Waals surface area contributed by atoms with Crippen LogP contribution in [0.5, 0.6) is 0 Å². The van der Waals surface area contributed by atoms with E-state index in [1.54, 1.807) is 6.92 Å². The van der Waals surface area contributed by atoms with E-state index >= 15 is 0 Å². The summed E-state index contributed by atoms with van der Waals surface area (Å²) in [6.45, 7) is 3.41. The summed E-state index contributed by atoms with van der Waals surface area (Å²) in [5, 5.41) is 0. The van der Waals surface area contributed by atoms with Crippen LogP contribution in [0, 0.1) is 0 Å². The van der Waals surface area contributed by atoms with Gasteiger partial charge in [0.05, 0.1) is 6.04 Å². The first kappa shape index (κ1) is 9.99. The van der Waals surface area contributed by atoms with Gasteiger partial charge in [0.2, 0.25) is 5.91 Å². The van der Waals surface area contributed by atoms with Crippen LogP contribution in [0.4, 0.5) is 0 Å². The summed E-state index contributed by atoms with van der Waals surface area (Å²) in [6, 6.07) is -0.359. The second kappa shape index (κ2) is 4.23. The molecule has 12 heavy (non-hydrogen) atoms. The van der Waals surface area contributed by atoms with Crippen LogP contribution in [-0.2, 0) is 4.79 Å². The molecule has 0 bridgehead atoms. The number of halogens is 1. The van der Waals surface area contributed by atoms with E-state index in [9.17, 15) is 4.79 Å². The van der Waals surface area contributed by atoms with E-state index in [0.717, 1.165) is 25.9 Å². The molecule has 0 saturated carbocycles. The number of alkyl halides is 1. The van der Waals surface area contributed by atoms with Crippen LogP contribution in [-0.4, -0.2) is 34.8 Å². The Labute approximate surface area is 81.4 Å². The minimum absolute atomic E-state index is 0.0687. The van der Waals surface area contributed by atoms with Gasteiger partial charge in [0.15, 0.2) is 0 Å². The Hall–Kier alpha value is -0.0900. The van der Waals surface area contributed by atoms with Gasteiger partial charge in [-0.1, -0.05) is 15.9 Å². The van der Waals surface area contributed by atoms with Gasteiger partial charge in [-0.05, 0) is 19.8 Å². The van der Waals surface area contributed by atoms with E-state index in [1.165, 1.54) is 0 Å². The molecule has 0 spiro atoms. The lowest BCUT2D eigenvalue weighted by Crippen LogP contribution is -2.47. The molecule has 70 valence electrons. The molecule has 0 aliphatic carbocycles. The van der Waals surface area contributed by atoms with Gasteiger partial charge >= 0.3 is 0 Å². The molecule has 4 heteroatoms. The van der Waals surface area contributed by atoms with Crippen LogP contribution >= 0.6 is 15.9 Å². The average Bonchev–Trinajstić information content (AvgIpc) is 2.03. The molecule has 2 N–H and O–H groups in total. The van der Waals surface area contributed by atoms with Gasteiger partial charge in [-0.2, -0.15) is 0 Å². The van der Waals surface area contributed by atoms with Crippen LogP contribution in [0.25, 0.3) is 0 Å². The topological polar surface area (TPSA) is 46.3 Å². The highest BCUT2D eigenvalue weighted by molar-refractivity contribution is 9.09. The van der Waals surface area contributed by atoms with Crippen LogP contribution in [0.1, 0.15) is 19.8 Å². The van der Waals surface area contributed by atoms with Crippen molar-refractivity contribution < 1.29 is 4.79 Å². The summed E-state index contributed by atoms with van der Waals surface area (Å²) in [7, 11) is 0. The van der Waals surface area contributed by atoms with E-state index < -0.39 is 0 Å². The molecule has 3 nitrogen and oxygen atoms in total. The van der Waals surface area contributed by atoms with E-state index in [4.69, 9.17) is 5.73 Å². The second-order valence-electron chi connectivity index (χ2n) is 3.31. The molecule has 1 amide bonds. The number of nitrogens with zero attached hydrogens (tertiary/aromatic N) is 1. The first-order valence-electron chi connectivity index (χ1n) is 4.29. The van der Waals surface area contributed by atoms with Crippen molar-refractivity contribution in [1.82, 2.24) is 4.90 Å². The average molecular weight is 235 g/mol. The van der Waals surface area contributed by atoms with Gasteiger partial charge in [-0.3, -0.25) is 4.79 Å². The maximum Gasteiger partial charge on any atom is 0.239 e. The minimum Gasteiger partial charge on any atom is -0.340 e. The first-order chi connectivity index (χ1) is 5.61. The van der Waals surface area contributed by atoms with Crippen molar-refractivity contribution in [2.24, 2.45) is 5.73 Å². The SMILES string of the molecule is CC(N)C(=O)N1CCCC(Br)C1. The number of nitrogens with two attached hydrogens (primary N) is 1. The predicted molar refractivity (Wildman–Crippen MR) is 52.2 cm³/mol. The van der Waals surface area contributed by atoms with Gasteiger partial charge in [-0.25, -0.2) is 0 Å². The second-order valence-corrected chi connectivity index (χ2v) is 4.61. The Morgan fingerprint density at radius 1 is 1.75 bits per heavy atom. The van der Waals surface area contributed by atoms with Crippen molar-refractivity contribution in [1.29, 1.82) is 0 Å². The molecule has 0 aromatic carbocycles. The van der Waals surface area contributed by atoms with Crippen molar-refractivity contribution in [3.05, 3.63) is 0 Å². The van der Waals surface area contributed by atoms with Crippen LogP contribution in [0.3, 0.4) is 0 Å².